The Morgan fingerprint density at radius 1 is 1.44 bits per heavy atom. The van der Waals surface area contributed by atoms with Gasteiger partial charge in [0, 0.05) is 7.05 Å². The molecule has 0 saturated heterocycles. The third kappa shape index (κ3) is 6.24. The molecule has 0 aromatic rings. The molecule has 0 heterocycles. The molecule has 6 nitrogen and oxygen atoms in total. The standard InChI is InChI=1S/C12H22N2O4/c1-7-8-9(10(15)14(5)17-6)13-11(16)18-12(2,3)4/h7,9H,1,8H2,2-6H3,(H,13,16)/t9-/m0/s1. The van der Waals surface area contributed by atoms with E-state index < -0.39 is 17.7 Å². The number of amides is 2. The van der Waals surface area contributed by atoms with Gasteiger partial charge in [-0.25, -0.2) is 9.86 Å². The van der Waals surface area contributed by atoms with Crippen LogP contribution in [0.15, 0.2) is 12.7 Å². The van der Waals surface area contributed by atoms with E-state index in [0.717, 1.165) is 5.06 Å². The Hall–Kier alpha value is -1.56. The molecule has 1 atom stereocenters. The first kappa shape index (κ1) is 16.4. The molecule has 0 bridgehead atoms. The number of nitrogens with one attached hydrogen (secondary N) is 1. The first-order valence-electron chi connectivity index (χ1n) is 5.63. The van der Waals surface area contributed by atoms with Gasteiger partial charge in [0.05, 0.1) is 7.11 Å². The molecule has 0 aliphatic carbocycles. The Balaban J connectivity index is 4.58. The van der Waals surface area contributed by atoms with E-state index in [1.165, 1.54) is 14.2 Å². The summed E-state index contributed by atoms with van der Waals surface area (Å²) in [5, 5.41) is 3.53. The van der Waals surface area contributed by atoms with Crippen LogP contribution in [0.2, 0.25) is 0 Å². The first-order valence-corrected chi connectivity index (χ1v) is 5.63. The highest BCUT2D eigenvalue weighted by atomic mass is 16.7. The summed E-state index contributed by atoms with van der Waals surface area (Å²) in [6.45, 7) is 8.79. The van der Waals surface area contributed by atoms with Gasteiger partial charge in [-0.2, -0.15) is 0 Å². The van der Waals surface area contributed by atoms with Crippen molar-refractivity contribution < 1.29 is 19.2 Å². The van der Waals surface area contributed by atoms with Crippen molar-refractivity contribution in [3.8, 4) is 0 Å². The fraction of sp³-hybridized carbons (Fsp3) is 0.667. The summed E-state index contributed by atoms with van der Waals surface area (Å²) >= 11 is 0. The molecule has 0 aromatic heterocycles. The zero-order valence-corrected chi connectivity index (χ0v) is 11.6. The molecule has 0 spiro atoms. The highest BCUT2D eigenvalue weighted by molar-refractivity contribution is 5.85. The molecule has 1 N–H and O–H groups in total. The number of rotatable bonds is 5. The van der Waals surface area contributed by atoms with Crippen LogP contribution >= 0.6 is 0 Å². The largest absolute Gasteiger partial charge is 0.444 e. The number of ether oxygens (including phenoxy) is 1. The average Bonchev–Trinajstić information content (AvgIpc) is 2.23. The molecule has 0 fully saturated rings. The molecule has 6 heteroatoms. The summed E-state index contributed by atoms with van der Waals surface area (Å²) in [7, 11) is 2.84. The summed E-state index contributed by atoms with van der Waals surface area (Å²) in [6.07, 6.45) is 1.20. The van der Waals surface area contributed by atoms with Gasteiger partial charge in [-0.15, -0.1) is 6.58 Å². The predicted molar refractivity (Wildman–Crippen MR) is 67.8 cm³/mol. The lowest BCUT2D eigenvalue weighted by Gasteiger charge is -2.24. The van der Waals surface area contributed by atoms with Gasteiger partial charge >= 0.3 is 6.09 Å². The van der Waals surface area contributed by atoms with E-state index in [0.29, 0.717) is 6.42 Å². The van der Waals surface area contributed by atoms with Crippen molar-refractivity contribution in [3.05, 3.63) is 12.7 Å². The van der Waals surface area contributed by atoms with Crippen molar-refractivity contribution in [2.45, 2.75) is 38.8 Å². The topological polar surface area (TPSA) is 67.9 Å². The van der Waals surface area contributed by atoms with Crippen LogP contribution in [0.4, 0.5) is 4.79 Å². The Morgan fingerprint density at radius 2 is 2.00 bits per heavy atom. The first-order chi connectivity index (χ1) is 8.21. The van der Waals surface area contributed by atoms with Crippen molar-refractivity contribution in [2.75, 3.05) is 14.2 Å². The van der Waals surface area contributed by atoms with Crippen molar-refractivity contribution in [3.63, 3.8) is 0 Å². The van der Waals surface area contributed by atoms with Crippen LogP contribution in [0.25, 0.3) is 0 Å². The third-order valence-corrected chi connectivity index (χ3v) is 1.98. The van der Waals surface area contributed by atoms with Crippen LogP contribution in [0.1, 0.15) is 27.2 Å². The second-order valence-corrected chi connectivity index (χ2v) is 4.74. The fourth-order valence-electron chi connectivity index (χ4n) is 1.15. The van der Waals surface area contributed by atoms with E-state index in [4.69, 9.17) is 9.57 Å². The van der Waals surface area contributed by atoms with E-state index >= 15 is 0 Å². The number of hydrogen-bond acceptors (Lipinski definition) is 4. The normalized spacial score (nSPS) is 12.5. The molecule has 0 aliphatic heterocycles. The van der Waals surface area contributed by atoms with E-state index in [1.54, 1.807) is 26.8 Å². The summed E-state index contributed by atoms with van der Waals surface area (Å²) in [5.74, 6) is -0.372. The maximum Gasteiger partial charge on any atom is 0.408 e. The molecule has 0 saturated carbocycles. The number of carbonyl (C=O) groups excluding carboxylic acids is 2. The highest BCUT2D eigenvalue weighted by Gasteiger charge is 2.25. The zero-order chi connectivity index (χ0) is 14.3. The second kappa shape index (κ2) is 7.00. The number of nitrogens with zero attached hydrogens (tertiary/aromatic N) is 1. The summed E-state index contributed by atoms with van der Waals surface area (Å²) in [6, 6.07) is -0.748. The molecule has 0 unspecified atom stereocenters. The fourth-order valence-corrected chi connectivity index (χ4v) is 1.15. The van der Waals surface area contributed by atoms with Gasteiger partial charge in [-0.1, -0.05) is 6.08 Å². The van der Waals surface area contributed by atoms with Crippen molar-refractivity contribution in [1.82, 2.24) is 10.4 Å². The van der Waals surface area contributed by atoms with Crippen molar-refractivity contribution in [2.24, 2.45) is 0 Å². The summed E-state index contributed by atoms with van der Waals surface area (Å²) < 4.78 is 5.08. The van der Waals surface area contributed by atoms with Crippen LogP contribution in [0.3, 0.4) is 0 Å². The zero-order valence-electron chi connectivity index (χ0n) is 11.6. The molecular formula is C12H22N2O4. The Kier molecular flexibility index (Phi) is 6.40. The number of carbonyl (C=O) groups is 2. The van der Waals surface area contributed by atoms with Crippen molar-refractivity contribution in [1.29, 1.82) is 0 Å². The minimum atomic E-state index is -0.748. The molecule has 0 radical (unpaired) electrons. The van der Waals surface area contributed by atoms with Gasteiger partial charge in [0.15, 0.2) is 0 Å². The number of hydrogen-bond donors (Lipinski definition) is 1. The average molecular weight is 258 g/mol. The maximum absolute atomic E-state index is 11.8. The predicted octanol–water partition coefficient (Wildman–Crippen LogP) is 1.48. The molecule has 18 heavy (non-hydrogen) atoms. The van der Waals surface area contributed by atoms with Gasteiger partial charge in [0.25, 0.3) is 5.91 Å². The number of alkyl carbamates (subject to hydrolysis) is 1. The van der Waals surface area contributed by atoms with E-state index in [-0.39, 0.29) is 5.91 Å². The Morgan fingerprint density at radius 3 is 2.39 bits per heavy atom. The SMILES string of the molecule is C=CC[C@H](NC(=O)OC(C)(C)C)C(=O)N(C)OC. The van der Waals surface area contributed by atoms with Crippen LogP contribution in [0.5, 0.6) is 0 Å². The third-order valence-electron chi connectivity index (χ3n) is 1.98. The molecular weight excluding hydrogens is 236 g/mol. The highest BCUT2D eigenvalue weighted by Crippen LogP contribution is 2.08. The van der Waals surface area contributed by atoms with Crippen LogP contribution in [0, 0.1) is 0 Å². The smallest absolute Gasteiger partial charge is 0.408 e. The Labute approximate surface area is 108 Å². The molecule has 0 rings (SSSR count). The van der Waals surface area contributed by atoms with Crippen molar-refractivity contribution >= 4 is 12.0 Å². The lowest BCUT2D eigenvalue weighted by Crippen LogP contribution is -2.48. The van der Waals surface area contributed by atoms with E-state index in [2.05, 4.69) is 11.9 Å². The minimum Gasteiger partial charge on any atom is -0.444 e. The molecule has 2 amide bonds. The van der Waals surface area contributed by atoms with Gasteiger partial charge in [0.2, 0.25) is 0 Å². The number of likely N-dealkylation sites (N-methyl/N-ethyl adjacent to an activating group) is 1. The molecule has 104 valence electrons. The van der Waals surface area contributed by atoms with Gasteiger partial charge in [0.1, 0.15) is 11.6 Å². The summed E-state index contributed by atoms with van der Waals surface area (Å²) in [4.78, 5) is 28.2. The molecule has 0 aromatic carbocycles. The van der Waals surface area contributed by atoms with Gasteiger partial charge in [-0.05, 0) is 27.2 Å². The second-order valence-electron chi connectivity index (χ2n) is 4.74. The minimum absolute atomic E-state index is 0.297. The quantitative estimate of drug-likeness (QED) is 0.599. The van der Waals surface area contributed by atoms with E-state index in [9.17, 15) is 9.59 Å². The van der Waals surface area contributed by atoms with Crippen LogP contribution in [-0.4, -0.2) is 42.9 Å². The Bertz CT molecular complexity index is 310. The molecule has 0 aliphatic rings. The van der Waals surface area contributed by atoms with Crippen LogP contribution < -0.4 is 5.32 Å². The number of hydroxylamine groups is 2. The van der Waals surface area contributed by atoms with Gasteiger partial charge < -0.3 is 10.1 Å². The summed E-state index contributed by atoms with van der Waals surface area (Å²) in [5.41, 5.74) is -0.612. The lowest BCUT2D eigenvalue weighted by atomic mass is 10.2. The van der Waals surface area contributed by atoms with Gasteiger partial charge in [-0.3, -0.25) is 9.63 Å². The lowest BCUT2D eigenvalue weighted by molar-refractivity contribution is -0.170. The van der Waals surface area contributed by atoms with Crippen LogP contribution in [-0.2, 0) is 14.4 Å². The maximum atomic E-state index is 11.8. The van der Waals surface area contributed by atoms with E-state index in [1.807, 2.05) is 0 Å². The monoisotopic (exact) mass is 258 g/mol.